The molecule has 9 aromatic rings. The van der Waals surface area contributed by atoms with Gasteiger partial charge in [-0.25, -0.2) is 0 Å². The van der Waals surface area contributed by atoms with Gasteiger partial charge in [0.05, 0.1) is 25.6 Å². The first-order valence-corrected chi connectivity index (χ1v) is 25.7. The van der Waals surface area contributed by atoms with Gasteiger partial charge in [-0.05, 0) is 146 Å². The van der Waals surface area contributed by atoms with Gasteiger partial charge in [0.15, 0.2) is 0 Å². The molecule has 0 N–H and O–H groups in total. The van der Waals surface area contributed by atoms with Gasteiger partial charge in [-0.3, -0.25) is 0 Å². The van der Waals surface area contributed by atoms with Crippen LogP contribution in [0, 0.1) is 16.7 Å². The molecule has 2 nitrogen and oxygen atoms in total. The van der Waals surface area contributed by atoms with Crippen LogP contribution in [-0.4, -0.2) is 0 Å². The number of nitrogens with zero attached hydrogens (tertiary/aromatic N) is 2. The Morgan fingerprint density at radius 2 is 1.02 bits per heavy atom. The molecule has 7 aromatic carbocycles. The van der Waals surface area contributed by atoms with Crippen LogP contribution < -0.4 is 9.80 Å². The molecular weight excluding hydrogens is 952 g/mol. The summed E-state index contributed by atoms with van der Waals surface area (Å²) in [5, 5.41) is 1.28. The molecule has 0 amide bonds. The number of benzene rings is 7. The maximum absolute atomic E-state index is 2.62. The Labute approximate surface area is 413 Å². The van der Waals surface area contributed by atoms with E-state index >= 15 is 0 Å². The summed E-state index contributed by atoms with van der Waals surface area (Å²) >= 11 is 6.40. The first-order valence-electron chi connectivity index (χ1n) is 23.0. The normalized spacial score (nSPS) is 13.2. The van der Waals surface area contributed by atoms with Crippen molar-refractivity contribution in [3.05, 3.63) is 199 Å². The van der Waals surface area contributed by atoms with Crippen molar-refractivity contribution in [3.63, 3.8) is 0 Å². The third-order valence-corrected chi connectivity index (χ3v) is 16.9. The Kier molecular flexibility index (Phi) is 11.2. The van der Waals surface area contributed by atoms with Crippen LogP contribution in [0.1, 0.15) is 88.1 Å². The van der Waals surface area contributed by atoms with Crippen LogP contribution in [0.15, 0.2) is 164 Å². The van der Waals surface area contributed by atoms with E-state index in [1.165, 1.54) is 89.7 Å². The van der Waals surface area contributed by atoms with E-state index in [1.807, 2.05) is 22.7 Å². The zero-order valence-corrected chi connectivity index (χ0v) is 43.5. The lowest BCUT2D eigenvalue weighted by Gasteiger charge is -2.33. The molecule has 2 aromatic heterocycles. The highest BCUT2D eigenvalue weighted by Gasteiger charge is 2.37. The summed E-state index contributed by atoms with van der Waals surface area (Å²) in [5.74, 6) is 0. The van der Waals surface area contributed by atoms with Crippen molar-refractivity contribution in [2.75, 3.05) is 9.80 Å². The Balaban J connectivity index is 1.24. The monoisotopic (exact) mass is 1010 g/mol. The van der Waals surface area contributed by atoms with Crippen molar-refractivity contribution in [1.82, 2.24) is 0 Å². The van der Waals surface area contributed by atoms with Gasteiger partial charge in [0, 0.05) is 42.2 Å². The average molecular weight is 1010 g/mol. The van der Waals surface area contributed by atoms with E-state index in [0.717, 1.165) is 22.7 Å². The Morgan fingerprint density at radius 1 is 0.500 bits per heavy atom. The summed E-state index contributed by atoms with van der Waals surface area (Å²) in [4.78, 5) is 7.65. The van der Waals surface area contributed by atoms with E-state index in [1.54, 1.807) is 0 Å². The van der Waals surface area contributed by atoms with E-state index in [2.05, 4.69) is 265 Å². The van der Waals surface area contributed by atoms with Gasteiger partial charge in [0.2, 0.25) is 0 Å². The number of rotatable bonds is 8. The highest BCUT2D eigenvalue weighted by molar-refractivity contribution is 14.1. The second-order valence-electron chi connectivity index (χ2n) is 20.4. The largest absolute Gasteiger partial charge is 0.308 e. The number of fused-ring (bicyclic) bond motifs is 4. The fourth-order valence-electron chi connectivity index (χ4n) is 10.0. The standard InChI is InChI=1S/C61H57IN2S2/c1-38-51(63(44-32-28-42(29-33-44)59(3,4)5)55-39(2)65-57(41-22-15-12-16-23-41)54(55)40-20-13-11-14-21-40)26-19-27-52(38)64(45-34-30-43(31-35-45)60(6,7)8)56-48-36-47-46-24-17-18-25-49(46)61(9,10)50(47)37-53(48)66-58(56)62/h11-37H,1-10H3. The number of hydrogen-bond donors (Lipinski definition) is 0. The van der Waals surface area contributed by atoms with E-state index < -0.39 is 0 Å². The van der Waals surface area contributed by atoms with E-state index in [9.17, 15) is 0 Å². The minimum atomic E-state index is -0.0730. The van der Waals surface area contributed by atoms with E-state index in [-0.39, 0.29) is 16.2 Å². The van der Waals surface area contributed by atoms with E-state index in [0.29, 0.717) is 0 Å². The molecule has 0 fully saturated rings. The molecule has 5 heteroatoms. The minimum Gasteiger partial charge on any atom is -0.308 e. The van der Waals surface area contributed by atoms with Crippen molar-refractivity contribution in [2.24, 2.45) is 0 Å². The molecule has 2 heterocycles. The van der Waals surface area contributed by atoms with Crippen LogP contribution in [0.3, 0.4) is 0 Å². The lowest BCUT2D eigenvalue weighted by molar-refractivity contribution is 0.590. The predicted octanol–water partition coefficient (Wildman–Crippen LogP) is 19.4. The zero-order valence-electron chi connectivity index (χ0n) is 39.7. The van der Waals surface area contributed by atoms with Crippen LogP contribution in [0.25, 0.3) is 42.8 Å². The summed E-state index contributed by atoms with van der Waals surface area (Å²) in [5.41, 5.74) is 20.0. The summed E-state index contributed by atoms with van der Waals surface area (Å²) in [6, 6.07) is 61.5. The fourth-order valence-corrected chi connectivity index (χ4v) is 13.4. The molecule has 1 aliphatic carbocycles. The zero-order chi connectivity index (χ0) is 46.3. The quantitative estimate of drug-likeness (QED) is 0.140. The van der Waals surface area contributed by atoms with Crippen molar-refractivity contribution in [3.8, 4) is 32.7 Å². The number of aryl methyl sites for hydroxylation is 1. The fraction of sp³-hybridized carbons (Fsp3) is 0.213. The highest BCUT2D eigenvalue weighted by atomic mass is 127. The number of anilines is 6. The lowest BCUT2D eigenvalue weighted by atomic mass is 9.82. The third-order valence-electron chi connectivity index (χ3n) is 13.7. The average Bonchev–Trinajstić information content (AvgIpc) is 3.89. The molecule has 1 aliphatic rings. The Hall–Kier alpha value is -5.47. The van der Waals surface area contributed by atoms with Crippen LogP contribution in [-0.2, 0) is 16.2 Å². The van der Waals surface area contributed by atoms with Gasteiger partial charge in [0.25, 0.3) is 0 Å². The second kappa shape index (κ2) is 16.7. The van der Waals surface area contributed by atoms with Crippen LogP contribution in [0.4, 0.5) is 34.1 Å². The van der Waals surface area contributed by atoms with Gasteiger partial charge in [-0.1, -0.05) is 171 Å². The van der Waals surface area contributed by atoms with Gasteiger partial charge in [-0.2, -0.15) is 0 Å². The Morgan fingerprint density at radius 3 is 1.58 bits per heavy atom. The number of hydrogen-bond acceptors (Lipinski definition) is 4. The van der Waals surface area contributed by atoms with Gasteiger partial charge in [0.1, 0.15) is 0 Å². The second-order valence-corrected chi connectivity index (χ2v) is 24.5. The molecule has 0 radical (unpaired) electrons. The summed E-state index contributed by atoms with van der Waals surface area (Å²) in [6.45, 7) is 23.2. The molecule has 0 unspecified atom stereocenters. The summed E-state index contributed by atoms with van der Waals surface area (Å²) < 4.78 is 2.58. The molecule has 0 atom stereocenters. The van der Waals surface area contributed by atoms with E-state index in [4.69, 9.17) is 0 Å². The van der Waals surface area contributed by atoms with Crippen LogP contribution in [0.5, 0.6) is 0 Å². The molecule has 0 saturated heterocycles. The molecule has 0 aliphatic heterocycles. The molecule has 66 heavy (non-hydrogen) atoms. The molecule has 0 bridgehead atoms. The van der Waals surface area contributed by atoms with Crippen molar-refractivity contribution in [1.29, 1.82) is 0 Å². The van der Waals surface area contributed by atoms with Gasteiger partial charge >= 0.3 is 0 Å². The molecule has 0 saturated carbocycles. The van der Waals surface area contributed by atoms with Crippen LogP contribution in [0.2, 0.25) is 0 Å². The third kappa shape index (κ3) is 7.61. The SMILES string of the molecule is Cc1sc(-c2ccccc2)c(-c2ccccc2)c1N(c1ccc(C(C)(C)C)cc1)c1cccc(N(c2ccc(C(C)(C)C)cc2)c2c(I)sc3cc4c(cc23)-c2ccccc2C4(C)C)c1C. The molecule has 0 spiro atoms. The van der Waals surface area contributed by atoms with Crippen LogP contribution >= 0.6 is 45.3 Å². The predicted molar refractivity (Wildman–Crippen MR) is 297 cm³/mol. The lowest BCUT2D eigenvalue weighted by Crippen LogP contribution is -2.17. The molecular formula is C61H57IN2S2. The highest BCUT2D eigenvalue weighted by Crippen LogP contribution is 2.56. The smallest absolute Gasteiger partial charge is 0.0906 e. The molecule has 330 valence electrons. The van der Waals surface area contributed by atoms with Gasteiger partial charge < -0.3 is 9.80 Å². The number of thiophene rings is 2. The summed E-state index contributed by atoms with van der Waals surface area (Å²) in [7, 11) is 0. The number of halogens is 1. The first kappa shape index (κ1) is 44.4. The Bertz CT molecular complexity index is 3250. The van der Waals surface area contributed by atoms with Crippen molar-refractivity contribution < 1.29 is 0 Å². The van der Waals surface area contributed by atoms with Gasteiger partial charge in [-0.15, -0.1) is 22.7 Å². The topological polar surface area (TPSA) is 6.48 Å². The summed E-state index contributed by atoms with van der Waals surface area (Å²) in [6.07, 6.45) is 0. The minimum absolute atomic E-state index is 0.0224. The molecule has 10 rings (SSSR count). The maximum Gasteiger partial charge on any atom is 0.0906 e. The van der Waals surface area contributed by atoms with Crippen molar-refractivity contribution in [2.45, 2.75) is 85.5 Å². The first-order chi connectivity index (χ1) is 31.5. The van der Waals surface area contributed by atoms with Crippen molar-refractivity contribution >= 4 is 89.5 Å². The maximum atomic E-state index is 2.62.